The van der Waals surface area contributed by atoms with Gasteiger partial charge in [0.25, 0.3) is 23.3 Å². The molecular formula is C35H38ClN7O7. The second-order valence-corrected chi connectivity index (χ2v) is 13.0. The van der Waals surface area contributed by atoms with Gasteiger partial charge in [0.05, 0.1) is 23.0 Å². The zero-order valence-electron chi connectivity index (χ0n) is 27.6. The number of rotatable bonds is 13. The van der Waals surface area contributed by atoms with Crippen molar-refractivity contribution in [3.05, 3.63) is 80.2 Å². The summed E-state index contributed by atoms with van der Waals surface area (Å²) in [4.78, 5) is 78.0. The normalized spacial score (nSPS) is 17.3. The number of carbonyl (C=O) groups excluding carboxylic acids is 5. The third-order valence-electron chi connectivity index (χ3n) is 9.17. The largest absolute Gasteiger partial charge is 0.483 e. The first-order chi connectivity index (χ1) is 24.1. The summed E-state index contributed by atoms with van der Waals surface area (Å²) in [5.41, 5.74) is 3.61. The molecule has 15 heteroatoms. The van der Waals surface area contributed by atoms with Gasteiger partial charge < -0.3 is 15.4 Å². The van der Waals surface area contributed by atoms with Gasteiger partial charge in [-0.3, -0.25) is 43.9 Å². The topological polar surface area (TPSA) is 172 Å². The number of fused-ring (bicyclic) bond motifs is 2. The molecule has 0 bridgehead atoms. The molecule has 0 saturated carbocycles. The average molecular weight is 704 g/mol. The van der Waals surface area contributed by atoms with Gasteiger partial charge in [0, 0.05) is 38.8 Å². The van der Waals surface area contributed by atoms with Crippen molar-refractivity contribution in [3.63, 3.8) is 0 Å². The maximum Gasteiger partial charge on any atom is 0.287 e. The molecule has 1 fully saturated rings. The first kappa shape index (κ1) is 34.8. The van der Waals surface area contributed by atoms with E-state index in [1.165, 1.54) is 27.9 Å². The van der Waals surface area contributed by atoms with Crippen molar-refractivity contribution in [1.29, 1.82) is 0 Å². The maximum atomic E-state index is 13.2. The highest BCUT2D eigenvalue weighted by Gasteiger charge is 2.46. The van der Waals surface area contributed by atoms with Crippen molar-refractivity contribution in [3.8, 4) is 5.75 Å². The zero-order chi connectivity index (χ0) is 35.4. The Balaban J connectivity index is 0.894. The van der Waals surface area contributed by atoms with E-state index in [4.69, 9.17) is 16.3 Å². The molecule has 0 radical (unpaired) electrons. The van der Waals surface area contributed by atoms with E-state index in [1.807, 2.05) is 6.07 Å². The van der Waals surface area contributed by atoms with Crippen molar-refractivity contribution in [2.45, 2.75) is 57.5 Å². The summed E-state index contributed by atoms with van der Waals surface area (Å²) in [5, 5.41) is 12.4. The molecule has 262 valence electrons. The van der Waals surface area contributed by atoms with Gasteiger partial charge in [-0.25, -0.2) is 4.68 Å². The van der Waals surface area contributed by atoms with E-state index in [0.29, 0.717) is 12.2 Å². The van der Waals surface area contributed by atoms with Crippen molar-refractivity contribution in [2.75, 3.05) is 31.6 Å². The summed E-state index contributed by atoms with van der Waals surface area (Å²) >= 11 is 6.22. The average Bonchev–Trinajstić information content (AvgIpc) is 3.36. The standard InChI is InChI=1S/C35H38ClN7O7/c1-41-35(49)31(36)25(18-38-41)39-23-10-9-21-13-16-42(19-22(21)17-23)15-5-3-2-4-14-37-29(45)20-50-27-8-6-7-24-30(27)34(48)43(33(24)47)26-11-12-28(44)40-32(26)46/h6-10,17-18,26,39H,2-5,11-16,19-20H2,1H3,(H,37,45)(H,40,44,46). The van der Waals surface area contributed by atoms with Gasteiger partial charge >= 0.3 is 0 Å². The number of ether oxygens (including phenoxy) is 1. The zero-order valence-corrected chi connectivity index (χ0v) is 28.4. The highest BCUT2D eigenvalue weighted by molar-refractivity contribution is 6.33. The van der Waals surface area contributed by atoms with Crippen LogP contribution in [0.2, 0.25) is 5.02 Å². The lowest BCUT2D eigenvalue weighted by atomic mass is 9.98. The van der Waals surface area contributed by atoms with Crippen LogP contribution in [0.5, 0.6) is 5.75 Å². The molecule has 0 aliphatic carbocycles. The summed E-state index contributed by atoms with van der Waals surface area (Å²) in [6.07, 6.45) is 6.38. The maximum absolute atomic E-state index is 13.2. The van der Waals surface area contributed by atoms with E-state index >= 15 is 0 Å². The number of benzene rings is 2. The summed E-state index contributed by atoms with van der Waals surface area (Å²) in [6.45, 7) is 2.93. The number of unbranched alkanes of at least 4 members (excludes halogenated alkanes) is 3. The number of carbonyl (C=O) groups is 5. The van der Waals surface area contributed by atoms with E-state index in [1.54, 1.807) is 19.3 Å². The Labute approximate surface area is 293 Å². The minimum atomic E-state index is -1.08. The summed E-state index contributed by atoms with van der Waals surface area (Å²) in [7, 11) is 1.55. The van der Waals surface area contributed by atoms with Crippen LogP contribution in [0.4, 0.5) is 11.4 Å². The second-order valence-electron chi connectivity index (χ2n) is 12.6. The van der Waals surface area contributed by atoms with Gasteiger partial charge in [-0.1, -0.05) is 36.6 Å². The van der Waals surface area contributed by atoms with E-state index in [0.717, 1.165) is 62.3 Å². The lowest BCUT2D eigenvalue weighted by molar-refractivity contribution is -0.136. The van der Waals surface area contributed by atoms with E-state index in [2.05, 4.69) is 38.1 Å². The number of nitrogens with zero attached hydrogens (tertiary/aromatic N) is 4. The van der Waals surface area contributed by atoms with Crippen LogP contribution < -0.4 is 26.2 Å². The molecule has 2 aromatic carbocycles. The van der Waals surface area contributed by atoms with E-state index < -0.39 is 29.7 Å². The fraction of sp³-hybridized carbons (Fsp3) is 0.400. The number of aryl methyl sites for hydroxylation is 1. The summed E-state index contributed by atoms with van der Waals surface area (Å²) in [6, 6.07) is 9.64. The van der Waals surface area contributed by atoms with E-state index in [9.17, 15) is 28.8 Å². The number of amides is 5. The number of halogens is 1. The van der Waals surface area contributed by atoms with Crippen LogP contribution in [0.1, 0.15) is 70.4 Å². The summed E-state index contributed by atoms with van der Waals surface area (Å²) < 4.78 is 6.84. The van der Waals surface area contributed by atoms with E-state index in [-0.39, 0.29) is 52.8 Å². The molecule has 3 aliphatic heterocycles. The van der Waals surface area contributed by atoms with Gasteiger partial charge in [0.15, 0.2) is 6.61 Å². The first-order valence-corrected chi connectivity index (χ1v) is 17.1. The number of hydrogen-bond donors (Lipinski definition) is 3. The van der Waals surface area contributed by atoms with Gasteiger partial charge in [0.2, 0.25) is 11.8 Å². The first-order valence-electron chi connectivity index (χ1n) is 16.7. The molecule has 1 unspecified atom stereocenters. The number of imide groups is 2. The molecule has 5 amide bonds. The fourth-order valence-electron chi connectivity index (χ4n) is 6.48. The molecule has 1 atom stereocenters. The molecule has 3 aromatic rings. The third-order valence-corrected chi connectivity index (χ3v) is 9.53. The Morgan fingerprint density at radius 1 is 1.02 bits per heavy atom. The third kappa shape index (κ3) is 7.55. The van der Waals surface area contributed by atoms with Crippen LogP contribution in [0.3, 0.4) is 0 Å². The van der Waals surface area contributed by atoms with Crippen molar-refractivity contribution < 1.29 is 28.7 Å². The van der Waals surface area contributed by atoms with Gasteiger partial charge in [0.1, 0.15) is 16.8 Å². The lowest BCUT2D eigenvalue weighted by Crippen LogP contribution is -2.54. The molecule has 4 heterocycles. The van der Waals surface area contributed by atoms with Crippen LogP contribution in [-0.2, 0) is 34.4 Å². The molecule has 0 spiro atoms. The minimum absolute atomic E-state index is 0.00665. The number of anilines is 2. The quantitative estimate of drug-likeness (QED) is 0.178. The second kappa shape index (κ2) is 15.2. The van der Waals surface area contributed by atoms with Crippen LogP contribution in [-0.4, -0.2) is 81.4 Å². The molecule has 1 aromatic heterocycles. The number of nitrogens with one attached hydrogen (secondary N) is 3. The Kier molecular flexibility index (Phi) is 10.6. The Morgan fingerprint density at radius 2 is 1.84 bits per heavy atom. The van der Waals surface area contributed by atoms with Crippen LogP contribution in [0.15, 0.2) is 47.4 Å². The molecule has 50 heavy (non-hydrogen) atoms. The minimum Gasteiger partial charge on any atom is -0.483 e. The van der Waals surface area contributed by atoms with Crippen molar-refractivity contribution >= 4 is 52.5 Å². The van der Waals surface area contributed by atoms with Crippen LogP contribution in [0.25, 0.3) is 0 Å². The van der Waals surface area contributed by atoms with Gasteiger partial charge in [-0.2, -0.15) is 5.10 Å². The Morgan fingerprint density at radius 3 is 2.66 bits per heavy atom. The van der Waals surface area contributed by atoms with Crippen LogP contribution in [0, 0.1) is 0 Å². The molecule has 3 aliphatic rings. The smallest absolute Gasteiger partial charge is 0.287 e. The summed E-state index contributed by atoms with van der Waals surface area (Å²) in [5.74, 6) is -2.73. The molecule has 3 N–H and O–H groups in total. The SMILES string of the molecule is Cn1ncc(Nc2ccc3c(c2)CN(CCCCCCNC(=O)COc2cccc4c2C(=O)N(C2CCC(=O)NC2=O)C4=O)CC3)c(Cl)c1=O. The number of aromatic nitrogens is 2. The fourth-order valence-corrected chi connectivity index (χ4v) is 6.70. The predicted octanol–water partition coefficient (Wildman–Crippen LogP) is 2.69. The number of hydrogen-bond acceptors (Lipinski definition) is 10. The van der Waals surface area contributed by atoms with Crippen molar-refractivity contribution in [2.24, 2.45) is 7.05 Å². The van der Waals surface area contributed by atoms with Gasteiger partial charge in [-0.05, 0) is 67.6 Å². The van der Waals surface area contributed by atoms with Gasteiger partial charge in [-0.15, -0.1) is 0 Å². The highest BCUT2D eigenvalue weighted by atomic mass is 35.5. The van der Waals surface area contributed by atoms with Crippen LogP contribution >= 0.6 is 11.6 Å². The lowest BCUT2D eigenvalue weighted by Gasteiger charge is -2.29. The molecule has 1 saturated heterocycles. The Bertz CT molecular complexity index is 1910. The number of piperidine rings is 1. The molecule has 6 rings (SSSR count). The highest BCUT2D eigenvalue weighted by Crippen LogP contribution is 2.33. The monoisotopic (exact) mass is 703 g/mol. The van der Waals surface area contributed by atoms with Crippen molar-refractivity contribution in [1.82, 2.24) is 30.2 Å². The molecular weight excluding hydrogens is 666 g/mol. The molecule has 14 nitrogen and oxygen atoms in total. The Hall–Kier alpha value is -5.08. The predicted molar refractivity (Wildman–Crippen MR) is 183 cm³/mol.